The van der Waals surface area contributed by atoms with Crippen LogP contribution >= 0.6 is 0 Å². The number of phenols is 1. The summed E-state index contributed by atoms with van der Waals surface area (Å²) in [4.78, 5) is 9.19. The SMILES string of the molecule is CCc1ccc2ccc(Oc3[c-]c4c(c(C)c3)c3ccccc3n4-c3ccccn3)nc2c1O.[Pt]. The van der Waals surface area contributed by atoms with E-state index in [0.717, 1.165) is 50.6 Å². The number of nitrogens with zero attached hydrogens (tertiary/aromatic N) is 3. The molecule has 0 saturated carbocycles. The first kappa shape index (κ1) is 23.1. The maximum Gasteiger partial charge on any atom is 0.217 e. The maximum atomic E-state index is 10.6. The van der Waals surface area contributed by atoms with Crippen molar-refractivity contribution in [1.29, 1.82) is 0 Å². The van der Waals surface area contributed by atoms with E-state index in [1.54, 1.807) is 6.20 Å². The van der Waals surface area contributed by atoms with Crippen LogP contribution in [0.15, 0.2) is 79.0 Å². The number of phenolic OH excluding ortho intramolecular Hbond substituents is 1. The average molecular weight is 640 g/mol. The zero-order valence-electron chi connectivity index (χ0n) is 19.2. The van der Waals surface area contributed by atoms with Crippen LogP contribution in [-0.4, -0.2) is 19.6 Å². The molecule has 6 heteroatoms. The standard InChI is InChI=1S/C29H22N3O2.Pt/c1-3-19-11-12-20-13-14-26(31-28(20)29(19)33)34-21-16-18(2)27-22-8-4-5-9-23(22)32(24(27)17-21)25-10-6-7-15-30-25;/h4-16,33H,3H2,1-2H3;/q-1;. The van der Waals surface area contributed by atoms with Gasteiger partial charge in [0.1, 0.15) is 17.1 Å². The second-order valence-electron chi connectivity index (χ2n) is 8.33. The second-order valence-corrected chi connectivity index (χ2v) is 8.33. The van der Waals surface area contributed by atoms with Gasteiger partial charge >= 0.3 is 0 Å². The summed E-state index contributed by atoms with van der Waals surface area (Å²) in [7, 11) is 0. The number of hydrogen-bond donors (Lipinski definition) is 1. The third-order valence-electron chi connectivity index (χ3n) is 6.23. The van der Waals surface area contributed by atoms with Gasteiger partial charge in [-0.2, -0.15) is 0 Å². The number of ether oxygens (including phenoxy) is 1. The Bertz CT molecular complexity index is 1690. The first-order chi connectivity index (χ1) is 16.6. The Kier molecular flexibility index (Phi) is 6.04. The van der Waals surface area contributed by atoms with Crippen LogP contribution in [0.2, 0.25) is 0 Å². The summed E-state index contributed by atoms with van der Waals surface area (Å²) in [5, 5.41) is 13.8. The van der Waals surface area contributed by atoms with Crippen molar-refractivity contribution >= 4 is 32.7 Å². The van der Waals surface area contributed by atoms with Crippen LogP contribution in [0, 0.1) is 13.0 Å². The van der Waals surface area contributed by atoms with E-state index in [9.17, 15) is 5.11 Å². The molecule has 0 spiro atoms. The molecule has 3 aromatic heterocycles. The number of aryl methyl sites for hydroxylation is 2. The summed E-state index contributed by atoms with van der Waals surface area (Å²) in [6.07, 6.45) is 2.52. The molecule has 0 amide bonds. The average Bonchev–Trinajstić information content (AvgIpc) is 3.20. The van der Waals surface area contributed by atoms with Gasteiger partial charge in [0, 0.05) is 50.0 Å². The normalized spacial score (nSPS) is 11.1. The molecule has 5 nitrogen and oxygen atoms in total. The number of para-hydroxylation sites is 1. The van der Waals surface area contributed by atoms with Crippen LogP contribution in [0.25, 0.3) is 38.5 Å². The Morgan fingerprint density at radius 1 is 1.00 bits per heavy atom. The monoisotopic (exact) mass is 639 g/mol. The molecule has 0 unspecified atom stereocenters. The quantitative estimate of drug-likeness (QED) is 0.214. The fourth-order valence-electron chi connectivity index (χ4n) is 4.61. The predicted molar refractivity (Wildman–Crippen MR) is 135 cm³/mol. The van der Waals surface area contributed by atoms with Crippen LogP contribution in [0.1, 0.15) is 18.1 Å². The van der Waals surface area contributed by atoms with Gasteiger partial charge in [0.15, 0.2) is 0 Å². The van der Waals surface area contributed by atoms with E-state index in [0.29, 0.717) is 17.1 Å². The largest absolute Gasteiger partial charge is 0.505 e. The molecule has 0 saturated heterocycles. The summed E-state index contributed by atoms with van der Waals surface area (Å²) >= 11 is 0. The molecular weight excluding hydrogens is 617 g/mol. The minimum absolute atomic E-state index is 0. The minimum atomic E-state index is 0. The third-order valence-corrected chi connectivity index (χ3v) is 6.23. The van der Waals surface area contributed by atoms with Crippen molar-refractivity contribution < 1.29 is 30.9 Å². The number of hydrogen-bond acceptors (Lipinski definition) is 4. The Hall–Kier alpha value is -3.69. The van der Waals surface area contributed by atoms with Crippen molar-refractivity contribution in [2.45, 2.75) is 20.3 Å². The first-order valence-electron chi connectivity index (χ1n) is 11.3. The number of rotatable bonds is 4. The molecule has 0 aliphatic rings. The number of pyridine rings is 2. The topological polar surface area (TPSA) is 60.2 Å². The summed E-state index contributed by atoms with van der Waals surface area (Å²) < 4.78 is 8.29. The molecule has 1 N–H and O–H groups in total. The van der Waals surface area contributed by atoms with Gasteiger partial charge in [0.05, 0.1) is 0 Å². The first-order valence-corrected chi connectivity index (χ1v) is 11.3. The van der Waals surface area contributed by atoms with Crippen LogP contribution in [0.4, 0.5) is 0 Å². The molecule has 6 rings (SSSR count). The predicted octanol–water partition coefficient (Wildman–Crippen LogP) is 6.89. The zero-order valence-corrected chi connectivity index (χ0v) is 21.5. The van der Waals surface area contributed by atoms with Crippen molar-refractivity contribution in [3.8, 4) is 23.2 Å². The van der Waals surface area contributed by atoms with Crippen LogP contribution < -0.4 is 4.74 Å². The number of aromatic hydroxyl groups is 1. The van der Waals surface area contributed by atoms with E-state index in [-0.39, 0.29) is 26.8 Å². The van der Waals surface area contributed by atoms with Crippen molar-refractivity contribution in [3.05, 3.63) is 96.2 Å². The van der Waals surface area contributed by atoms with Gasteiger partial charge in [-0.3, -0.25) is 0 Å². The Morgan fingerprint density at radius 3 is 2.60 bits per heavy atom. The summed E-state index contributed by atoms with van der Waals surface area (Å²) in [6, 6.07) is 27.2. The van der Waals surface area contributed by atoms with Crippen LogP contribution in [0.5, 0.6) is 17.4 Å². The fourth-order valence-corrected chi connectivity index (χ4v) is 4.61. The van der Waals surface area contributed by atoms with Crippen molar-refractivity contribution in [2.24, 2.45) is 0 Å². The molecule has 0 radical (unpaired) electrons. The minimum Gasteiger partial charge on any atom is -0.505 e. The Labute approximate surface area is 217 Å². The van der Waals surface area contributed by atoms with Gasteiger partial charge in [-0.15, -0.1) is 17.7 Å². The van der Waals surface area contributed by atoms with E-state index in [4.69, 9.17) is 4.74 Å². The molecule has 0 aliphatic carbocycles. The van der Waals surface area contributed by atoms with E-state index >= 15 is 0 Å². The summed E-state index contributed by atoms with van der Waals surface area (Å²) in [5.74, 6) is 1.99. The van der Waals surface area contributed by atoms with Gasteiger partial charge in [-0.1, -0.05) is 61.1 Å². The Balaban J connectivity index is 0.00000253. The van der Waals surface area contributed by atoms with E-state index < -0.39 is 0 Å². The molecule has 3 heterocycles. The van der Waals surface area contributed by atoms with Crippen molar-refractivity contribution in [1.82, 2.24) is 14.5 Å². The number of fused-ring (bicyclic) bond motifs is 4. The molecule has 35 heavy (non-hydrogen) atoms. The molecule has 3 aromatic carbocycles. The number of aromatic nitrogens is 3. The van der Waals surface area contributed by atoms with E-state index in [2.05, 4.69) is 39.7 Å². The fraction of sp³-hybridized carbons (Fsp3) is 0.103. The molecular formula is C29H22N3O2Pt-. The summed E-state index contributed by atoms with van der Waals surface area (Å²) in [5.41, 5.74) is 4.44. The van der Waals surface area contributed by atoms with Crippen molar-refractivity contribution in [3.63, 3.8) is 0 Å². The van der Waals surface area contributed by atoms with E-state index in [1.807, 2.05) is 67.6 Å². The maximum absolute atomic E-state index is 10.6. The molecule has 0 atom stereocenters. The van der Waals surface area contributed by atoms with Crippen LogP contribution in [-0.2, 0) is 27.5 Å². The molecule has 0 fully saturated rings. The van der Waals surface area contributed by atoms with E-state index in [1.165, 1.54) is 0 Å². The van der Waals surface area contributed by atoms with Crippen LogP contribution in [0.3, 0.4) is 0 Å². The van der Waals surface area contributed by atoms with Gasteiger partial charge < -0.3 is 14.4 Å². The second kappa shape index (κ2) is 9.16. The smallest absolute Gasteiger partial charge is 0.217 e. The molecule has 6 aromatic rings. The summed E-state index contributed by atoms with van der Waals surface area (Å²) in [6.45, 7) is 4.08. The molecule has 0 aliphatic heterocycles. The zero-order chi connectivity index (χ0) is 23.2. The molecule has 0 bridgehead atoms. The van der Waals surface area contributed by atoms with Gasteiger partial charge in [-0.05, 0) is 41.6 Å². The van der Waals surface area contributed by atoms with Gasteiger partial charge in [-0.25, -0.2) is 9.97 Å². The third kappa shape index (κ3) is 3.86. The molecule has 176 valence electrons. The number of benzene rings is 3. The van der Waals surface area contributed by atoms with Gasteiger partial charge in [0.25, 0.3) is 0 Å². The van der Waals surface area contributed by atoms with Crippen molar-refractivity contribution in [2.75, 3.05) is 0 Å². The van der Waals surface area contributed by atoms with Gasteiger partial charge in [0.2, 0.25) is 5.88 Å². The Morgan fingerprint density at radius 2 is 1.80 bits per heavy atom.